The Morgan fingerprint density at radius 3 is 2.42 bits per heavy atom. The van der Waals surface area contributed by atoms with E-state index in [0.29, 0.717) is 6.54 Å². The zero-order valence-electron chi connectivity index (χ0n) is 14.5. The fraction of sp³-hybridized carbons (Fsp3) is 0.263. The predicted octanol–water partition coefficient (Wildman–Crippen LogP) is 2.73. The van der Waals surface area contributed by atoms with Crippen molar-refractivity contribution >= 4 is 10.0 Å². The Balaban J connectivity index is 1.56. The molecule has 6 nitrogen and oxygen atoms in total. The molecule has 0 atom stereocenters. The van der Waals surface area contributed by atoms with Gasteiger partial charge in [-0.25, -0.2) is 13.1 Å². The molecule has 3 aromatic rings. The van der Waals surface area contributed by atoms with Crippen LogP contribution in [-0.4, -0.2) is 28.4 Å². The minimum Gasteiger partial charge on any atom is -0.275 e. The molecule has 2 heterocycles. The second-order valence-electron chi connectivity index (χ2n) is 6.56. The van der Waals surface area contributed by atoms with Gasteiger partial charge in [0, 0.05) is 43.3 Å². The van der Waals surface area contributed by atoms with E-state index < -0.39 is 10.0 Å². The highest BCUT2D eigenvalue weighted by atomic mass is 32.2. The second-order valence-corrected chi connectivity index (χ2v) is 8.61. The molecule has 1 aliphatic carbocycles. The van der Waals surface area contributed by atoms with E-state index in [1.807, 2.05) is 49.6 Å². The van der Waals surface area contributed by atoms with Gasteiger partial charge >= 0.3 is 0 Å². The van der Waals surface area contributed by atoms with Crippen LogP contribution in [0.5, 0.6) is 0 Å². The molecule has 7 heteroatoms. The summed E-state index contributed by atoms with van der Waals surface area (Å²) in [7, 11) is -1.26. The first-order chi connectivity index (χ1) is 12.5. The quantitative estimate of drug-likeness (QED) is 0.726. The standard InChI is InChI=1S/C19H20N4O2S/c1-23-13-18(19(22-23)16-8-10-20-11-9-16)15-4-2-14(3-5-15)12-21-26(24,25)17-6-7-17/h2-5,8-11,13,17,21H,6-7,12H2,1H3. The Bertz CT molecular complexity index is 1010. The number of aryl methyl sites for hydroxylation is 1. The van der Waals surface area contributed by atoms with Crippen LogP contribution in [-0.2, 0) is 23.6 Å². The van der Waals surface area contributed by atoms with Crippen LogP contribution in [0.4, 0.5) is 0 Å². The van der Waals surface area contributed by atoms with Crippen LogP contribution in [0, 0.1) is 0 Å². The van der Waals surface area contributed by atoms with Gasteiger partial charge in [0.2, 0.25) is 10.0 Å². The topological polar surface area (TPSA) is 76.9 Å². The highest BCUT2D eigenvalue weighted by Crippen LogP contribution is 2.31. The van der Waals surface area contributed by atoms with Gasteiger partial charge in [-0.2, -0.15) is 5.10 Å². The van der Waals surface area contributed by atoms with Gasteiger partial charge in [0.25, 0.3) is 0 Å². The number of hydrogen-bond donors (Lipinski definition) is 1. The number of nitrogens with zero attached hydrogens (tertiary/aromatic N) is 3. The molecule has 0 unspecified atom stereocenters. The lowest BCUT2D eigenvalue weighted by Crippen LogP contribution is -2.26. The van der Waals surface area contributed by atoms with E-state index in [1.54, 1.807) is 17.1 Å². The van der Waals surface area contributed by atoms with Gasteiger partial charge < -0.3 is 0 Å². The maximum atomic E-state index is 11.9. The average molecular weight is 368 g/mol. The maximum absolute atomic E-state index is 11.9. The second kappa shape index (κ2) is 6.66. The van der Waals surface area contributed by atoms with E-state index in [-0.39, 0.29) is 5.25 Å². The molecule has 1 N–H and O–H groups in total. The number of benzene rings is 1. The van der Waals surface area contributed by atoms with E-state index in [9.17, 15) is 8.42 Å². The molecule has 0 saturated heterocycles. The van der Waals surface area contributed by atoms with Gasteiger partial charge in [0.1, 0.15) is 5.69 Å². The molecular weight excluding hydrogens is 348 g/mol. The highest BCUT2D eigenvalue weighted by molar-refractivity contribution is 7.90. The van der Waals surface area contributed by atoms with E-state index >= 15 is 0 Å². The van der Waals surface area contributed by atoms with Crippen LogP contribution in [0.1, 0.15) is 18.4 Å². The number of nitrogens with one attached hydrogen (secondary N) is 1. The largest absolute Gasteiger partial charge is 0.275 e. The van der Waals surface area contributed by atoms with Gasteiger partial charge in [-0.15, -0.1) is 0 Å². The Morgan fingerprint density at radius 1 is 1.08 bits per heavy atom. The molecule has 0 amide bonds. The van der Waals surface area contributed by atoms with Gasteiger partial charge in [0.15, 0.2) is 0 Å². The number of aromatic nitrogens is 3. The minimum atomic E-state index is -3.16. The summed E-state index contributed by atoms with van der Waals surface area (Å²) < 4.78 is 28.3. The molecule has 1 aromatic carbocycles. The van der Waals surface area contributed by atoms with Crippen LogP contribution in [0.25, 0.3) is 22.4 Å². The van der Waals surface area contributed by atoms with Crippen molar-refractivity contribution in [3.8, 4) is 22.4 Å². The molecule has 4 rings (SSSR count). The van der Waals surface area contributed by atoms with Crippen LogP contribution in [0.15, 0.2) is 55.0 Å². The van der Waals surface area contributed by atoms with Crippen LogP contribution in [0.2, 0.25) is 0 Å². The molecule has 1 fully saturated rings. The third kappa shape index (κ3) is 3.54. The summed E-state index contributed by atoms with van der Waals surface area (Å²) in [5.41, 5.74) is 4.92. The first kappa shape index (κ1) is 16.9. The molecule has 1 aliphatic rings. The van der Waals surface area contributed by atoms with Crippen molar-refractivity contribution in [2.45, 2.75) is 24.6 Å². The molecule has 2 aromatic heterocycles. The zero-order valence-corrected chi connectivity index (χ0v) is 15.3. The third-order valence-electron chi connectivity index (χ3n) is 4.49. The molecule has 0 spiro atoms. The number of sulfonamides is 1. The highest BCUT2D eigenvalue weighted by Gasteiger charge is 2.35. The summed E-state index contributed by atoms with van der Waals surface area (Å²) in [6, 6.07) is 11.8. The molecule has 0 aliphatic heterocycles. The van der Waals surface area contributed by atoms with Crippen LogP contribution < -0.4 is 4.72 Å². The SMILES string of the molecule is Cn1cc(-c2ccc(CNS(=O)(=O)C3CC3)cc2)c(-c2ccncc2)n1. The predicted molar refractivity (Wildman–Crippen MR) is 101 cm³/mol. The monoisotopic (exact) mass is 368 g/mol. The first-order valence-corrected chi connectivity index (χ1v) is 10.1. The summed E-state index contributed by atoms with van der Waals surface area (Å²) >= 11 is 0. The van der Waals surface area contributed by atoms with Crippen molar-refractivity contribution in [2.75, 3.05) is 0 Å². The summed E-state index contributed by atoms with van der Waals surface area (Å²) in [5, 5.41) is 4.38. The maximum Gasteiger partial charge on any atom is 0.214 e. The third-order valence-corrected chi connectivity index (χ3v) is 6.38. The fourth-order valence-corrected chi connectivity index (χ4v) is 4.27. The summed E-state index contributed by atoms with van der Waals surface area (Å²) in [4.78, 5) is 4.06. The Morgan fingerprint density at radius 2 is 1.77 bits per heavy atom. The number of rotatable bonds is 6. The normalized spacial score (nSPS) is 14.5. The molecular formula is C19H20N4O2S. The minimum absolute atomic E-state index is 0.194. The molecule has 0 radical (unpaired) electrons. The van der Waals surface area contributed by atoms with Gasteiger partial charge in [-0.3, -0.25) is 9.67 Å². The van der Waals surface area contributed by atoms with Crippen molar-refractivity contribution in [3.05, 3.63) is 60.6 Å². The van der Waals surface area contributed by atoms with Crippen molar-refractivity contribution < 1.29 is 8.42 Å². The van der Waals surface area contributed by atoms with E-state index in [1.165, 1.54) is 0 Å². The zero-order chi connectivity index (χ0) is 18.1. The van der Waals surface area contributed by atoms with Crippen molar-refractivity contribution in [3.63, 3.8) is 0 Å². The molecule has 1 saturated carbocycles. The summed E-state index contributed by atoms with van der Waals surface area (Å²) in [6.45, 7) is 0.323. The van der Waals surface area contributed by atoms with E-state index in [4.69, 9.17) is 0 Å². The van der Waals surface area contributed by atoms with Gasteiger partial charge in [-0.1, -0.05) is 24.3 Å². The lowest BCUT2D eigenvalue weighted by atomic mass is 10.0. The van der Waals surface area contributed by atoms with Crippen molar-refractivity contribution in [1.29, 1.82) is 0 Å². The van der Waals surface area contributed by atoms with E-state index in [0.717, 1.165) is 40.8 Å². The van der Waals surface area contributed by atoms with Crippen molar-refractivity contribution in [1.82, 2.24) is 19.5 Å². The Labute approximate surface area is 153 Å². The number of pyridine rings is 1. The summed E-state index contributed by atoms with van der Waals surface area (Å²) in [5.74, 6) is 0. The fourth-order valence-electron chi connectivity index (χ4n) is 2.90. The van der Waals surface area contributed by atoms with Crippen LogP contribution in [0.3, 0.4) is 0 Å². The average Bonchev–Trinajstić information content (AvgIpc) is 3.45. The molecule has 26 heavy (non-hydrogen) atoms. The Kier molecular flexibility index (Phi) is 4.34. The molecule has 0 bridgehead atoms. The van der Waals surface area contributed by atoms with E-state index in [2.05, 4.69) is 14.8 Å². The Hall–Kier alpha value is -2.51. The smallest absolute Gasteiger partial charge is 0.214 e. The lowest BCUT2D eigenvalue weighted by molar-refractivity contribution is 0.580. The van der Waals surface area contributed by atoms with Crippen molar-refractivity contribution in [2.24, 2.45) is 7.05 Å². The molecule has 134 valence electrons. The lowest BCUT2D eigenvalue weighted by Gasteiger charge is -2.07. The first-order valence-electron chi connectivity index (χ1n) is 8.55. The number of hydrogen-bond acceptors (Lipinski definition) is 4. The van der Waals surface area contributed by atoms with Crippen LogP contribution >= 0.6 is 0 Å². The van der Waals surface area contributed by atoms with Gasteiger partial charge in [-0.05, 0) is 36.1 Å². The summed E-state index contributed by atoms with van der Waals surface area (Å²) in [6.07, 6.45) is 7.03. The van der Waals surface area contributed by atoms with Gasteiger partial charge in [0.05, 0.1) is 5.25 Å².